The Labute approximate surface area is 137 Å². The molecule has 0 bridgehead atoms. The average molecular weight is 340 g/mol. The molecular weight excluding hydrogens is 321 g/mol. The lowest BCUT2D eigenvalue weighted by Crippen LogP contribution is -2.42. The van der Waals surface area contributed by atoms with Gasteiger partial charge in [-0.25, -0.2) is 9.78 Å². The summed E-state index contributed by atoms with van der Waals surface area (Å²) in [7, 11) is 0. The Bertz CT molecular complexity index is 720. The molecule has 8 heteroatoms. The number of pyridine rings is 1. The summed E-state index contributed by atoms with van der Waals surface area (Å²) in [6.07, 6.45) is 3.53. The van der Waals surface area contributed by atoms with Crippen LogP contribution in [0.1, 0.15) is 43.4 Å². The van der Waals surface area contributed by atoms with Gasteiger partial charge in [0.25, 0.3) is 0 Å². The molecule has 2 aromatic rings. The number of nitrogens with one attached hydrogen (secondary N) is 2. The number of hydrogen-bond acceptors (Lipinski definition) is 2. The molecule has 1 fully saturated rings. The van der Waals surface area contributed by atoms with Crippen molar-refractivity contribution in [3.63, 3.8) is 0 Å². The van der Waals surface area contributed by atoms with Crippen LogP contribution in [-0.2, 0) is 12.7 Å². The zero-order chi connectivity index (χ0) is 17.2. The number of halogens is 3. The van der Waals surface area contributed by atoms with E-state index in [1.807, 2.05) is 0 Å². The molecule has 2 aromatic heterocycles. The van der Waals surface area contributed by atoms with E-state index in [1.54, 1.807) is 0 Å². The molecule has 0 saturated heterocycles. The number of aromatic nitrogens is 2. The van der Waals surface area contributed by atoms with Gasteiger partial charge < -0.3 is 15.0 Å². The highest BCUT2D eigenvalue weighted by atomic mass is 19.4. The molecule has 1 aliphatic carbocycles. The van der Waals surface area contributed by atoms with Crippen molar-refractivity contribution in [1.82, 2.24) is 20.0 Å². The van der Waals surface area contributed by atoms with Crippen molar-refractivity contribution in [2.45, 2.75) is 50.9 Å². The molecular formula is C16H19F3N4O. The Kier molecular flexibility index (Phi) is 4.64. The molecule has 0 aromatic carbocycles. The maximum absolute atomic E-state index is 12.7. The van der Waals surface area contributed by atoms with E-state index in [0.29, 0.717) is 11.3 Å². The molecule has 0 spiro atoms. The summed E-state index contributed by atoms with van der Waals surface area (Å²) in [5.41, 5.74) is 0.183. The molecule has 2 heterocycles. The summed E-state index contributed by atoms with van der Waals surface area (Å²) >= 11 is 0. The van der Waals surface area contributed by atoms with Gasteiger partial charge in [-0.05, 0) is 25.0 Å². The second-order valence-electron chi connectivity index (χ2n) is 6.08. The molecule has 24 heavy (non-hydrogen) atoms. The topological polar surface area (TPSA) is 58.4 Å². The predicted octanol–water partition coefficient (Wildman–Crippen LogP) is 3.49. The van der Waals surface area contributed by atoms with Gasteiger partial charge in [0, 0.05) is 18.4 Å². The highest BCUT2D eigenvalue weighted by molar-refractivity contribution is 5.74. The van der Waals surface area contributed by atoms with Crippen LogP contribution in [-0.4, -0.2) is 21.5 Å². The minimum atomic E-state index is -4.39. The minimum Gasteiger partial charge on any atom is -0.335 e. The summed E-state index contributed by atoms with van der Waals surface area (Å²) in [5, 5.41) is 5.62. The van der Waals surface area contributed by atoms with Crippen LogP contribution in [0.2, 0.25) is 0 Å². The van der Waals surface area contributed by atoms with Crippen LogP contribution in [0.4, 0.5) is 18.0 Å². The highest BCUT2D eigenvalue weighted by Crippen LogP contribution is 2.29. The number of hydrogen-bond donors (Lipinski definition) is 2. The third-order valence-electron chi connectivity index (χ3n) is 4.20. The number of imidazole rings is 1. The molecule has 1 aliphatic rings. The highest BCUT2D eigenvalue weighted by Gasteiger charge is 2.30. The largest absolute Gasteiger partial charge is 0.417 e. The normalized spacial score (nSPS) is 16.3. The Balaban J connectivity index is 1.59. The summed E-state index contributed by atoms with van der Waals surface area (Å²) in [4.78, 5) is 16.1. The van der Waals surface area contributed by atoms with Crippen molar-refractivity contribution >= 4 is 11.7 Å². The Morgan fingerprint density at radius 2 is 1.96 bits per heavy atom. The molecule has 1 saturated carbocycles. The monoisotopic (exact) mass is 340 g/mol. The molecule has 0 unspecified atom stereocenters. The molecule has 5 nitrogen and oxygen atoms in total. The van der Waals surface area contributed by atoms with Crippen LogP contribution in [0.25, 0.3) is 5.65 Å². The summed E-state index contributed by atoms with van der Waals surface area (Å²) in [6.45, 7) is 0.168. The number of fused-ring (bicyclic) bond motifs is 1. The fraction of sp³-hybridized carbons (Fsp3) is 0.500. The average Bonchev–Trinajstić information content (AvgIpc) is 2.95. The molecule has 0 radical (unpaired) electrons. The third-order valence-corrected chi connectivity index (χ3v) is 4.20. The van der Waals surface area contributed by atoms with Gasteiger partial charge in [-0.1, -0.05) is 19.3 Å². The zero-order valence-electron chi connectivity index (χ0n) is 13.1. The number of urea groups is 1. The van der Waals surface area contributed by atoms with E-state index in [-0.39, 0.29) is 18.6 Å². The number of nitrogens with zero attached hydrogens (tertiary/aromatic N) is 2. The van der Waals surface area contributed by atoms with Gasteiger partial charge in [-0.2, -0.15) is 13.2 Å². The second-order valence-corrected chi connectivity index (χ2v) is 6.08. The van der Waals surface area contributed by atoms with Crippen LogP contribution < -0.4 is 10.6 Å². The van der Waals surface area contributed by atoms with Crippen LogP contribution >= 0.6 is 0 Å². The Hall–Kier alpha value is -2.25. The van der Waals surface area contributed by atoms with Crippen molar-refractivity contribution < 1.29 is 18.0 Å². The van der Waals surface area contributed by atoms with Crippen LogP contribution in [0, 0.1) is 0 Å². The van der Waals surface area contributed by atoms with Gasteiger partial charge in [-0.3, -0.25) is 0 Å². The van der Waals surface area contributed by atoms with Gasteiger partial charge in [0.05, 0.1) is 17.8 Å². The number of carbonyl (C=O) groups is 1. The molecule has 0 atom stereocenters. The van der Waals surface area contributed by atoms with Crippen molar-refractivity contribution in [3.8, 4) is 0 Å². The smallest absolute Gasteiger partial charge is 0.335 e. The summed E-state index contributed by atoms with van der Waals surface area (Å²) in [6, 6.07) is 2.24. The fourth-order valence-corrected chi connectivity index (χ4v) is 2.95. The molecule has 130 valence electrons. The first-order valence-electron chi connectivity index (χ1n) is 8.01. The van der Waals surface area contributed by atoms with E-state index < -0.39 is 11.7 Å². The van der Waals surface area contributed by atoms with Crippen molar-refractivity contribution in [3.05, 3.63) is 35.8 Å². The zero-order valence-corrected chi connectivity index (χ0v) is 13.1. The Morgan fingerprint density at radius 1 is 1.21 bits per heavy atom. The van der Waals surface area contributed by atoms with E-state index in [4.69, 9.17) is 0 Å². The number of alkyl halides is 3. The quantitative estimate of drug-likeness (QED) is 0.899. The van der Waals surface area contributed by atoms with E-state index >= 15 is 0 Å². The van der Waals surface area contributed by atoms with E-state index in [2.05, 4.69) is 15.6 Å². The van der Waals surface area contributed by atoms with Crippen molar-refractivity contribution in [2.24, 2.45) is 0 Å². The first-order chi connectivity index (χ1) is 11.4. The lowest BCUT2D eigenvalue weighted by Gasteiger charge is -2.22. The molecule has 2 amide bonds. The van der Waals surface area contributed by atoms with Gasteiger partial charge in [0.1, 0.15) is 5.65 Å². The van der Waals surface area contributed by atoms with Gasteiger partial charge in [0.2, 0.25) is 0 Å². The SMILES string of the molecule is O=C(NCc1cn2cc(C(F)(F)F)ccc2n1)NC1CCCCC1. The maximum atomic E-state index is 12.7. The van der Waals surface area contributed by atoms with Crippen molar-refractivity contribution in [2.75, 3.05) is 0 Å². The summed E-state index contributed by atoms with van der Waals surface area (Å²) in [5.74, 6) is 0. The molecule has 3 rings (SSSR count). The van der Waals surface area contributed by atoms with E-state index in [0.717, 1.165) is 37.9 Å². The number of amides is 2. The van der Waals surface area contributed by atoms with Crippen LogP contribution in [0.15, 0.2) is 24.5 Å². The predicted molar refractivity (Wildman–Crippen MR) is 82.4 cm³/mol. The lowest BCUT2D eigenvalue weighted by atomic mass is 9.96. The second kappa shape index (κ2) is 6.70. The number of rotatable bonds is 3. The van der Waals surface area contributed by atoms with Gasteiger partial charge in [-0.15, -0.1) is 0 Å². The first kappa shape index (κ1) is 16.6. The minimum absolute atomic E-state index is 0.168. The summed E-state index contributed by atoms with van der Waals surface area (Å²) < 4.78 is 39.4. The first-order valence-corrected chi connectivity index (χ1v) is 8.01. The van der Waals surface area contributed by atoms with E-state index in [1.165, 1.54) is 23.1 Å². The standard InChI is InChI=1S/C16H19F3N4O/c17-16(18,19)11-6-7-14-21-13(10-23(14)9-11)8-20-15(24)22-12-4-2-1-3-5-12/h6-7,9-10,12H,1-5,8H2,(H2,20,22,24). The Morgan fingerprint density at radius 3 is 2.67 bits per heavy atom. The van der Waals surface area contributed by atoms with Crippen molar-refractivity contribution in [1.29, 1.82) is 0 Å². The maximum Gasteiger partial charge on any atom is 0.417 e. The van der Waals surface area contributed by atoms with Gasteiger partial charge >= 0.3 is 12.2 Å². The lowest BCUT2D eigenvalue weighted by molar-refractivity contribution is -0.137. The molecule has 2 N–H and O–H groups in total. The van der Waals surface area contributed by atoms with Gasteiger partial charge in [0.15, 0.2) is 0 Å². The third kappa shape index (κ3) is 3.98. The van der Waals surface area contributed by atoms with E-state index in [9.17, 15) is 18.0 Å². The molecule has 0 aliphatic heterocycles. The number of carbonyl (C=O) groups excluding carboxylic acids is 1. The van der Waals surface area contributed by atoms with Crippen LogP contribution in [0.3, 0.4) is 0 Å². The van der Waals surface area contributed by atoms with Crippen LogP contribution in [0.5, 0.6) is 0 Å². The fourth-order valence-electron chi connectivity index (χ4n) is 2.95.